The summed E-state index contributed by atoms with van der Waals surface area (Å²) >= 11 is 0. The number of nitrogens with one attached hydrogen (secondary N) is 4. The van der Waals surface area contributed by atoms with Gasteiger partial charge in [0.1, 0.15) is 13.2 Å². The first-order valence-corrected chi connectivity index (χ1v) is 13.0. The minimum Gasteiger partial charge on any atom is -0.464 e. The van der Waals surface area contributed by atoms with Crippen LogP contribution >= 0.6 is 0 Å². The van der Waals surface area contributed by atoms with Gasteiger partial charge >= 0.3 is 18.0 Å². The van der Waals surface area contributed by atoms with Gasteiger partial charge in [-0.15, -0.1) is 0 Å². The predicted octanol–water partition coefficient (Wildman–Crippen LogP) is 0.369. The maximum absolute atomic E-state index is 12.2. The van der Waals surface area contributed by atoms with Crippen LogP contribution in [0.4, 0.5) is 4.79 Å². The molecule has 13 nitrogen and oxygen atoms in total. The van der Waals surface area contributed by atoms with E-state index in [1.54, 1.807) is 0 Å². The minimum absolute atomic E-state index is 0.0167. The quantitative estimate of drug-likeness (QED) is 0.151. The van der Waals surface area contributed by atoms with Crippen LogP contribution in [-0.4, -0.2) is 81.3 Å². The molecule has 0 atom stereocenters. The molecule has 0 aromatic heterocycles. The summed E-state index contributed by atoms with van der Waals surface area (Å²) in [5.74, 6) is -4.37. The summed E-state index contributed by atoms with van der Waals surface area (Å²) in [4.78, 5) is 72.2. The Kier molecular flexibility index (Phi) is 11.2. The van der Waals surface area contributed by atoms with Crippen LogP contribution in [0.1, 0.15) is 30.9 Å². The van der Waals surface area contributed by atoms with Gasteiger partial charge < -0.3 is 35.5 Å². The number of ether oxygens (including phenoxy) is 3. The summed E-state index contributed by atoms with van der Waals surface area (Å²) in [7, 11) is 0. The largest absolute Gasteiger partial charge is 0.464 e. The van der Waals surface area contributed by atoms with Crippen molar-refractivity contribution in [1.29, 1.82) is 0 Å². The Morgan fingerprint density at radius 3 is 1.63 bits per heavy atom. The number of carbonyl (C=O) groups is 6. The SMILES string of the molecule is CCOC(=O)C(NC(=O)CNC(=O)CNC(=O)CNC(=O)OCC1c2ccccc2-c2ccccc21)C(=O)OCC. The average Bonchev–Trinajstić information content (AvgIpc) is 3.29. The van der Waals surface area contributed by atoms with Crippen LogP contribution in [0.3, 0.4) is 0 Å². The van der Waals surface area contributed by atoms with Crippen molar-refractivity contribution in [1.82, 2.24) is 21.3 Å². The van der Waals surface area contributed by atoms with Gasteiger partial charge in [-0.1, -0.05) is 48.5 Å². The first kappa shape index (κ1) is 30.6. The molecule has 4 amide bonds. The van der Waals surface area contributed by atoms with Crippen molar-refractivity contribution in [3.05, 3.63) is 59.7 Å². The molecule has 0 saturated carbocycles. The first-order valence-electron chi connectivity index (χ1n) is 13.0. The van der Waals surface area contributed by atoms with Gasteiger partial charge in [0.15, 0.2) is 0 Å². The second-order valence-corrected chi connectivity index (χ2v) is 8.74. The van der Waals surface area contributed by atoms with Crippen molar-refractivity contribution in [2.45, 2.75) is 25.8 Å². The molecule has 0 spiro atoms. The Morgan fingerprint density at radius 1 is 0.659 bits per heavy atom. The molecule has 1 aliphatic carbocycles. The summed E-state index contributed by atoms with van der Waals surface area (Å²) in [6.07, 6.45) is -0.791. The second kappa shape index (κ2) is 15.0. The number of hydrogen-bond donors (Lipinski definition) is 4. The Labute approximate surface area is 236 Å². The van der Waals surface area contributed by atoms with Gasteiger partial charge in [-0.05, 0) is 36.1 Å². The Balaban J connectivity index is 1.36. The predicted molar refractivity (Wildman–Crippen MR) is 144 cm³/mol. The van der Waals surface area contributed by atoms with E-state index in [1.807, 2.05) is 48.5 Å². The summed E-state index contributed by atoms with van der Waals surface area (Å²) in [5, 5.41) is 9.00. The number of amides is 4. The van der Waals surface area contributed by atoms with Crippen molar-refractivity contribution in [2.24, 2.45) is 0 Å². The Hall–Kier alpha value is -4.94. The maximum atomic E-state index is 12.2. The van der Waals surface area contributed by atoms with E-state index in [4.69, 9.17) is 14.2 Å². The van der Waals surface area contributed by atoms with Gasteiger partial charge in [0.25, 0.3) is 0 Å². The normalized spacial score (nSPS) is 11.5. The van der Waals surface area contributed by atoms with Crippen molar-refractivity contribution in [2.75, 3.05) is 39.5 Å². The van der Waals surface area contributed by atoms with Crippen molar-refractivity contribution >= 4 is 35.8 Å². The zero-order valence-corrected chi connectivity index (χ0v) is 22.7. The van der Waals surface area contributed by atoms with Gasteiger partial charge in [0.2, 0.25) is 23.8 Å². The lowest BCUT2D eigenvalue weighted by atomic mass is 9.98. The molecule has 0 aliphatic heterocycles. The van der Waals surface area contributed by atoms with Gasteiger partial charge in [-0.2, -0.15) is 0 Å². The molecule has 0 fully saturated rings. The third-order valence-electron chi connectivity index (χ3n) is 5.98. The molecule has 41 heavy (non-hydrogen) atoms. The van der Waals surface area contributed by atoms with Crippen LogP contribution in [-0.2, 0) is 38.2 Å². The highest BCUT2D eigenvalue weighted by molar-refractivity contribution is 6.03. The number of benzene rings is 2. The zero-order chi connectivity index (χ0) is 29.8. The highest BCUT2D eigenvalue weighted by Crippen LogP contribution is 2.44. The first-order chi connectivity index (χ1) is 19.7. The summed E-state index contributed by atoms with van der Waals surface area (Å²) in [5.41, 5.74) is 4.28. The molecule has 0 heterocycles. The van der Waals surface area contributed by atoms with Crippen LogP contribution in [0.5, 0.6) is 0 Å². The van der Waals surface area contributed by atoms with Crippen LogP contribution in [0.2, 0.25) is 0 Å². The zero-order valence-electron chi connectivity index (χ0n) is 22.7. The average molecular weight is 569 g/mol. The van der Waals surface area contributed by atoms with Crippen LogP contribution in [0.15, 0.2) is 48.5 Å². The van der Waals surface area contributed by atoms with Crippen LogP contribution in [0.25, 0.3) is 11.1 Å². The molecular weight excluding hydrogens is 536 g/mol. The molecule has 0 saturated heterocycles. The minimum atomic E-state index is -1.68. The third-order valence-corrected chi connectivity index (χ3v) is 5.98. The van der Waals surface area contributed by atoms with E-state index in [9.17, 15) is 28.8 Å². The maximum Gasteiger partial charge on any atom is 0.407 e. The Bertz CT molecular complexity index is 1230. The number of rotatable bonds is 13. The molecule has 4 N–H and O–H groups in total. The van der Waals surface area contributed by atoms with Gasteiger partial charge in [-0.3, -0.25) is 14.4 Å². The van der Waals surface area contributed by atoms with E-state index >= 15 is 0 Å². The number of fused-ring (bicyclic) bond motifs is 3. The summed E-state index contributed by atoms with van der Waals surface area (Å²) in [6, 6.07) is 14.1. The van der Waals surface area contributed by atoms with Gasteiger partial charge in [0, 0.05) is 5.92 Å². The lowest BCUT2D eigenvalue weighted by Gasteiger charge is -2.16. The molecule has 0 unspecified atom stereocenters. The molecule has 2 aromatic rings. The fraction of sp³-hybridized carbons (Fsp3) is 0.357. The molecule has 13 heteroatoms. The lowest BCUT2D eigenvalue weighted by molar-refractivity contribution is -0.159. The molecule has 0 bridgehead atoms. The third kappa shape index (κ3) is 8.52. The monoisotopic (exact) mass is 568 g/mol. The van der Waals surface area contributed by atoms with E-state index in [2.05, 4.69) is 21.3 Å². The summed E-state index contributed by atoms with van der Waals surface area (Å²) < 4.78 is 14.8. The number of hydrogen-bond acceptors (Lipinski definition) is 9. The number of alkyl carbamates (subject to hydrolysis) is 1. The van der Waals surface area contributed by atoms with E-state index in [0.717, 1.165) is 22.3 Å². The molecular formula is C28H32N4O9. The van der Waals surface area contributed by atoms with E-state index in [1.165, 1.54) is 13.8 Å². The highest BCUT2D eigenvalue weighted by Gasteiger charge is 2.31. The Morgan fingerprint density at radius 2 is 1.12 bits per heavy atom. The van der Waals surface area contributed by atoms with E-state index in [0.29, 0.717) is 0 Å². The topological polar surface area (TPSA) is 178 Å². The number of esters is 2. The van der Waals surface area contributed by atoms with Crippen molar-refractivity contribution in [3.8, 4) is 11.1 Å². The van der Waals surface area contributed by atoms with E-state index < -0.39 is 61.4 Å². The van der Waals surface area contributed by atoms with Gasteiger partial charge in [-0.25, -0.2) is 14.4 Å². The standard InChI is InChI=1S/C28H32N4O9/c1-3-39-26(36)25(27(37)40-4-2)32-24(35)15-30-22(33)13-29-23(34)14-31-28(38)41-16-21-19-11-7-5-9-17(19)18-10-6-8-12-20(18)21/h5-12,21,25H,3-4,13-16H2,1-2H3,(H,29,34)(H,30,33)(H,31,38)(H,32,35). The fourth-order valence-corrected chi connectivity index (χ4v) is 4.16. The van der Waals surface area contributed by atoms with Gasteiger partial charge in [0.05, 0.1) is 26.3 Å². The van der Waals surface area contributed by atoms with Crippen LogP contribution in [0, 0.1) is 0 Å². The fourth-order valence-electron chi connectivity index (χ4n) is 4.16. The smallest absolute Gasteiger partial charge is 0.407 e. The number of carbonyl (C=O) groups excluding carboxylic acids is 6. The lowest BCUT2D eigenvalue weighted by Crippen LogP contribution is -2.51. The summed E-state index contributed by atoms with van der Waals surface area (Å²) in [6.45, 7) is 1.60. The molecule has 0 radical (unpaired) electrons. The molecule has 2 aromatic carbocycles. The van der Waals surface area contributed by atoms with Crippen LogP contribution < -0.4 is 21.3 Å². The van der Waals surface area contributed by atoms with Crippen molar-refractivity contribution < 1.29 is 43.0 Å². The molecule has 218 valence electrons. The van der Waals surface area contributed by atoms with E-state index in [-0.39, 0.29) is 25.7 Å². The second-order valence-electron chi connectivity index (χ2n) is 8.74. The van der Waals surface area contributed by atoms with Crippen molar-refractivity contribution in [3.63, 3.8) is 0 Å². The molecule has 3 rings (SSSR count). The molecule has 1 aliphatic rings. The highest BCUT2D eigenvalue weighted by atomic mass is 16.6.